The van der Waals surface area contributed by atoms with E-state index in [-0.39, 0.29) is 22.2 Å². The van der Waals surface area contributed by atoms with Gasteiger partial charge in [-0.05, 0) is 0 Å². The first-order valence-electron chi connectivity index (χ1n) is 10.3. The zero-order valence-corrected chi connectivity index (χ0v) is 22.1. The molecule has 1 fully saturated rings. The molecule has 3 aliphatic rings. The number of likely N-dealkylation sites (tertiary alicyclic amines) is 1. The van der Waals surface area contributed by atoms with Gasteiger partial charge in [0.1, 0.15) is 0 Å². The van der Waals surface area contributed by atoms with Crippen LogP contribution in [0.4, 0.5) is 10.5 Å². The van der Waals surface area contributed by atoms with E-state index in [2.05, 4.69) is 39.4 Å². The molecule has 1 saturated heterocycles. The van der Waals surface area contributed by atoms with E-state index in [1.54, 1.807) is 0 Å². The summed E-state index contributed by atoms with van der Waals surface area (Å²) in [5, 5.41) is 4.17. The maximum absolute atomic E-state index is 12.5. The van der Waals surface area contributed by atoms with E-state index in [1.165, 1.54) is 4.35 Å². The zero-order valence-electron chi connectivity index (χ0n) is 18.4. The molecule has 8 nitrogen and oxygen atoms in total. The summed E-state index contributed by atoms with van der Waals surface area (Å²) in [6, 6.07) is 3.77. The van der Waals surface area contributed by atoms with Crippen molar-refractivity contribution in [2.45, 2.75) is 56.9 Å². The van der Waals surface area contributed by atoms with Crippen molar-refractivity contribution in [3.05, 3.63) is 16.6 Å². The second-order valence-corrected chi connectivity index (χ2v) is 14.5. The van der Waals surface area contributed by atoms with E-state index < -0.39 is 21.4 Å². The molecule has 1 N–H and O–H groups in total. The average molecular weight is 555 g/mol. The predicted octanol–water partition coefficient (Wildman–Crippen LogP) is 2.36. The number of hydrogen-bond donors (Lipinski definition) is 1. The van der Waals surface area contributed by atoms with E-state index in [4.69, 9.17) is 9.47 Å². The second-order valence-electron chi connectivity index (χ2n) is 9.48. The van der Waals surface area contributed by atoms with Crippen LogP contribution >= 0.6 is 15.9 Å². The Morgan fingerprint density at radius 2 is 2.16 bits per heavy atom. The fourth-order valence-electron chi connectivity index (χ4n) is 4.01. The molecule has 3 atom stereocenters. The molecule has 0 aromatic heterocycles. The molecule has 0 aliphatic carbocycles. The van der Waals surface area contributed by atoms with Gasteiger partial charge in [0, 0.05) is 0 Å². The summed E-state index contributed by atoms with van der Waals surface area (Å²) in [4.78, 5) is 28.5. The molecular weight excluding hydrogens is 527 g/mol. The van der Waals surface area contributed by atoms with Crippen LogP contribution in [0.3, 0.4) is 0 Å². The summed E-state index contributed by atoms with van der Waals surface area (Å²) in [7, 11) is 0. The van der Waals surface area contributed by atoms with Crippen molar-refractivity contribution in [1.82, 2.24) is 10.3 Å². The summed E-state index contributed by atoms with van der Waals surface area (Å²) in [5.41, 5.74) is 2.94. The fraction of sp³-hybridized carbons (Fsp3) is 0.571. The second kappa shape index (κ2) is 8.00. The molecule has 1 aromatic rings. The van der Waals surface area contributed by atoms with Gasteiger partial charge in [-0.25, -0.2) is 0 Å². The molecule has 168 valence electrons. The molecule has 3 heterocycles. The van der Waals surface area contributed by atoms with Crippen LogP contribution < -0.4 is 19.4 Å². The van der Waals surface area contributed by atoms with Crippen LogP contribution in [0.5, 0.6) is 5.75 Å². The molecule has 0 spiro atoms. The van der Waals surface area contributed by atoms with Gasteiger partial charge in [0.2, 0.25) is 0 Å². The Morgan fingerprint density at radius 1 is 1.42 bits per heavy atom. The third kappa shape index (κ3) is 4.58. The Hall–Kier alpha value is -1.73. The van der Waals surface area contributed by atoms with Crippen LogP contribution in [0.25, 0.3) is 0 Å². The van der Waals surface area contributed by atoms with Crippen molar-refractivity contribution in [1.29, 1.82) is 0 Å². The molecule has 0 radical (unpaired) electrons. The van der Waals surface area contributed by atoms with E-state index in [0.29, 0.717) is 25.5 Å². The molecule has 0 bridgehead atoms. The van der Waals surface area contributed by atoms with Crippen molar-refractivity contribution in [3.63, 3.8) is 0 Å². The zero-order chi connectivity index (χ0) is 22.6. The molecule has 1 aromatic carbocycles. The number of hydrazone groups is 1. The number of ether oxygens (including phenoxy) is 2. The monoisotopic (exact) mass is 554 g/mol. The SMILES string of the molecule is C[C@@H]1C(=O)NN=C2COc3cc(Br)c([AsH][C@]4(C)CCN(C(=O)OC(C)(C)C)C4)cc3N21. The maximum atomic E-state index is 12.5. The van der Waals surface area contributed by atoms with Gasteiger partial charge in [-0.2, -0.15) is 0 Å². The Morgan fingerprint density at radius 3 is 2.87 bits per heavy atom. The molecule has 10 heteroatoms. The summed E-state index contributed by atoms with van der Waals surface area (Å²) < 4.78 is 13.7. The minimum atomic E-state index is -0.625. The van der Waals surface area contributed by atoms with Gasteiger partial charge in [0.25, 0.3) is 0 Å². The third-order valence-electron chi connectivity index (χ3n) is 5.57. The van der Waals surface area contributed by atoms with Crippen LogP contribution in [0.2, 0.25) is 4.20 Å². The Bertz CT molecular complexity index is 963. The Balaban J connectivity index is 1.56. The number of benzene rings is 1. The van der Waals surface area contributed by atoms with Crippen LogP contribution in [0, 0.1) is 0 Å². The van der Waals surface area contributed by atoms with Crippen molar-refractivity contribution >= 4 is 59.6 Å². The van der Waals surface area contributed by atoms with Crippen LogP contribution in [-0.4, -0.2) is 69.8 Å². The summed E-state index contributed by atoms with van der Waals surface area (Å²) >= 11 is 3.10. The number of carbonyl (C=O) groups excluding carboxylic acids is 2. The van der Waals surface area contributed by atoms with Gasteiger partial charge in [-0.15, -0.1) is 0 Å². The van der Waals surface area contributed by atoms with Crippen molar-refractivity contribution in [3.8, 4) is 5.75 Å². The number of anilines is 1. The van der Waals surface area contributed by atoms with E-state index in [9.17, 15) is 9.59 Å². The fourth-order valence-corrected chi connectivity index (χ4v) is 8.12. The Kier molecular flexibility index (Phi) is 5.79. The number of nitrogens with one attached hydrogen (secondary N) is 1. The van der Waals surface area contributed by atoms with Gasteiger partial charge in [0.15, 0.2) is 0 Å². The number of amidine groups is 1. The first kappa shape index (κ1) is 22.5. The van der Waals surface area contributed by atoms with Gasteiger partial charge >= 0.3 is 198 Å². The molecular formula is C21H28AsBrN4O4. The van der Waals surface area contributed by atoms with Crippen molar-refractivity contribution < 1.29 is 19.1 Å². The predicted molar refractivity (Wildman–Crippen MR) is 125 cm³/mol. The number of amides is 2. The molecule has 4 rings (SSSR count). The van der Waals surface area contributed by atoms with Gasteiger partial charge in [-0.1, -0.05) is 0 Å². The van der Waals surface area contributed by atoms with E-state index >= 15 is 0 Å². The standard InChI is InChI=1S/C21H28AsBrN4O4/c1-12-18(28)25-24-17-10-30-16-9-14(23)13(8-15(16)27(12)17)22-21(5)6-7-26(11-21)19(29)31-20(2,3)4/h8-9,12,22H,6-7,10-11H2,1-5H3,(H,25,28)/t12-,21-/m1/s1. The van der Waals surface area contributed by atoms with Crippen LogP contribution in [0.15, 0.2) is 21.7 Å². The first-order chi connectivity index (χ1) is 14.5. The molecule has 0 saturated carbocycles. The molecule has 3 aliphatic heterocycles. The van der Waals surface area contributed by atoms with E-state index in [0.717, 1.165) is 22.3 Å². The number of rotatable bonds is 2. The number of halogens is 1. The molecule has 2 amide bonds. The van der Waals surface area contributed by atoms with Gasteiger partial charge in [0.05, 0.1) is 0 Å². The number of carbonyl (C=O) groups is 2. The topological polar surface area (TPSA) is 83.5 Å². The van der Waals surface area contributed by atoms with Crippen molar-refractivity contribution in [2.24, 2.45) is 5.10 Å². The average Bonchev–Trinajstić information content (AvgIpc) is 3.06. The normalized spacial score (nSPS) is 25.7. The third-order valence-corrected chi connectivity index (χ3v) is 10.5. The van der Waals surface area contributed by atoms with Crippen LogP contribution in [-0.2, 0) is 9.53 Å². The summed E-state index contributed by atoms with van der Waals surface area (Å²) in [6.07, 6.45) is 0.705. The number of nitrogens with zero attached hydrogens (tertiary/aromatic N) is 3. The summed E-state index contributed by atoms with van der Waals surface area (Å²) in [6.45, 7) is 11.5. The van der Waals surface area contributed by atoms with Crippen molar-refractivity contribution in [2.75, 3.05) is 24.6 Å². The van der Waals surface area contributed by atoms with Gasteiger partial charge < -0.3 is 0 Å². The van der Waals surface area contributed by atoms with Crippen LogP contribution in [0.1, 0.15) is 41.0 Å². The Labute approximate surface area is 197 Å². The van der Waals surface area contributed by atoms with Gasteiger partial charge in [-0.3, -0.25) is 0 Å². The summed E-state index contributed by atoms with van der Waals surface area (Å²) in [5.74, 6) is 1.32. The number of fused-ring (bicyclic) bond motifs is 3. The van der Waals surface area contributed by atoms with E-state index in [1.807, 2.05) is 43.6 Å². The minimum absolute atomic E-state index is 0.0466. The first-order valence-corrected chi connectivity index (χ1v) is 13.2. The quantitative estimate of drug-likeness (QED) is 0.567. The number of hydrogen-bond acceptors (Lipinski definition) is 6. The molecule has 31 heavy (non-hydrogen) atoms. The molecule has 1 unspecified atom stereocenters.